The van der Waals surface area contributed by atoms with Gasteiger partial charge in [-0.25, -0.2) is 0 Å². The van der Waals surface area contributed by atoms with Crippen molar-refractivity contribution in [1.82, 2.24) is 0 Å². The predicted molar refractivity (Wildman–Crippen MR) is 109 cm³/mol. The Labute approximate surface area is 162 Å². The molecule has 138 valence electrons. The third-order valence-corrected chi connectivity index (χ3v) is 5.00. The fraction of sp³-hybridized carbons (Fsp3) is 0.143. The van der Waals surface area contributed by atoms with Crippen LogP contribution in [0.15, 0.2) is 54.6 Å². The lowest BCUT2D eigenvalue weighted by molar-refractivity contribution is 0.102. The van der Waals surface area contributed by atoms with Gasteiger partial charge in [-0.05, 0) is 68.4 Å². The number of hydrogen-bond donors (Lipinski definition) is 2. The molecule has 0 radical (unpaired) electrons. The van der Waals surface area contributed by atoms with Crippen LogP contribution in [0, 0.1) is 13.8 Å². The lowest BCUT2D eigenvalue weighted by atomic mass is 10.1. The van der Waals surface area contributed by atoms with E-state index in [9.17, 15) is 9.59 Å². The van der Waals surface area contributed by atoms with Crippen LogP contribution in [0.1, 0.15) is 30.5 Å². The second kappa shape index (κ2) is 8.05. The van der Waals surface area contributed by atoms with Gasteiger partial charge in [-0.15, -0.1) is 11.3 Å². The Morgan fingerprint density at radius 3 is 1.93 bits per heavy atom. The van der Waals surface area contributed by atoms with Crippen molar-refractivity contribution in [2.24, 2.45) is 0 Å². The van der Waals surface area contributed by atoms with Crippen molar-refractivity contribution >= 4 is 34.5 Å². The number of nitrogens with one attached hydrogen (secondary N) is 2. The lowest BCUT2D eigenvalue weighted by Crippen LogP contribution is -2.13. The van der Waals surface area contributed by atoms with Crippen LogP contribution in [-0.2, 0) is 0 Å². The third kappa shape index (κ3) is 4.54. The first kappa shape index (κ1) is 18.7. The van der Waals surface area contributed by atoms with Gasteiger partial charge in [0.1, 0.15) is 5.75 Å². The SMILES string of the molecule is COc1ccc(NC(=O)c2ccc(NC(=O)c3cc(C)sc3C)cc2)cc1. The van der Waals surface area contributed by atoms with Crippen molar-refractivity contribution < 1.29 is 14.3 Å². The zero-order valence-electron chi connectivity index (χ0n) is 15.3. The van der Waals surface area contributed by atoms with E-state index in [1.165, 1.54) is 0 Å². The number of ether oxygens (including phenoxy) is 1. The van der Waals surface area contributed by atoms with Crippen molar-refractivity contribution in [2.75, 3.05) is 17.7 Å². The second-order valence-electron chi connectivity index (χ2n) is 6.04. The Morgan fingerprint density at radius 2 is 1.41 bits per heavy atom. The molecular formula is C21H20N2O3S. The molecule has 2 aromatic carbocycles. The van der Waals surface area contributed by atoms with Gasteiger partial charge >= 0.3 is 0 Å². The maximum Gasteiger partial charge on any atom is 0.256 e. The largest absolute Gasteiger partial charge is 0.497 e. The fourth-order valence-electron chi connectivity index (χ4n) is 2.64. The van der Waals surface area contributed by atoms with E-state index in [4.69, 9.17) is 4.74 Å². The quantitative estimate of drug-likeness (QED) is 0.663. The van der Waals surface area contributed by atoms with Crippen LogP contribution in [-0.4, -0.2) is 18.9 Å². The van der Waals surface area contributed by atoms with Crippen LogP contribution in [0.25, 0.3) is 0 Å². The van der Waals surface area contributed by atoms with Crippen LogP contribution in [0.5, 0.6) is 5.75 Å². The maximum atomic E-state index is 12.4. The Balaban J connectivity index is 1.64. The first-order valence-corrected chi connectivity index (χ1v) is 9.22. The van der Waals surface area contributed by atoms with Gasteiger partial charge in [0.2, 0.25) is 0 Å². The molecule has 2 N–H and O–H groups in total. The molecule has 0 bridgehead atoms. The molecule has 0 aliphatic rings. The number of methoxy groups -OCH3 is 1. The molecule has 0 fully saturated rings. The molecule has 6 heteroatoms. The zero-order valence-corrected chi connectivity index (χ0v) is 16.1. The molecule has 0 spiro atoms. The number of thiophene rings is 1. The summed E-state index contributed by atoms with van der Waals surface area (Å²) >= 11 is 1.60. The normalized spacial score (nSPS) is 10.3. The number of rotatable bonds is 5. The topological polar surface area (TPSA) is 67.4 Å². The summed E-state index contributed by atoms with van der Waals surface area (Å²) < 4.78 is 5.10. The van der Waals surface area contributed by atoms with Gasteiger partial charge in [-0.2, -0.15) is 0 Å². The Bertz CT molecular complexity index is 960. The molecule has 0 aliphatic carbocycles. The minimum atomic E-state index is -0.220. The highest BCUT2D eigenvalue weighted by Gasteiger charge is 2.13. The number of anilines is 2. The van der Waals surface area contributed by atoms with Crippen LogP contribution in [0.4, 0.5) is 11.4 Å². The monoisotopic (exact) mass is 380 g/mol. The molecule has 27 heavy (non-hydrogen) atoms. The minimum absolute atomic E-state index is 0.146. The van der Waals surface area contributed by atoms with Gasteiger partial charge in [-0.3, -0.25) is 9.59 Å². The summed E-state index contributed by atoms with van der Waals surface area (Å²) in [5.41, 5.74) is 2.51. The third-order valence-electron chi connectivity index (χ3n) is 4.04. The fourth-order valence-corrected chi connectivity index (χ4v) is 3.56. The van der Waals surface area contributed by atoms with E-state index in [-0.39, 0.29) is 11.8 Å². The van der Waals surface area contributed by atoms with Crippen molar-refractivity contribution in [3.05, 3.63) is 75.5 Å². The summed E-state index contributed by atoms with van der Waals surface area (Å²) in [6.45, 7) is 3.91. The Kier molecular flexibility index (Phi) is 5.57. The van der Waals surface area contributed by atoms with Crippen LogP contribution in [0.3, 0.4) is 0 Å². The molecule has 3 rings (SSSR count). The molecule has 3 aromatic rings. The summed E-state index contributed by atoms with van der Waals surface area (Å²) in [5.74, 6) is 0.360. The molecule has 2 amide bonds. The summed E-state index contributed by atoms with van der Waals surface area (Å²) in [6, 6.07) is 15.8. The molecule has 0 aliphatic heterocycles. The summed E-state index contributed by atoms with van der Waals surface area (Å²) in [6.07, 6.45) is 0. The van der Waals surface area contributed by atoms with E-state index in [0.717, 1.165) is 15.5 Å². The molecule has 0 saturated heterocycles. The lowest BCUT2D eigenvalue weighted by Gasteiger charge is -2.08. The number of carbonyl (C=O) groups is 2. The standard InChI is InChI=1S/C21H20N2O3S/c1-13-12-19(14(2)27-13)21(25)23-16-6-4-15(5-7-16)20(24)22-17-8-10-18(26-3)11-9-17/h4-12H,1-3H3,(H,22,24)(H,23,25). The van der Waals surface area contributed by atoms with E-state index < -0.39 is 0 Å². The van der Waals surface area contributed by atoms with Gasteiger partial charge < -0.3 is 15.4 Å². The average Bonchev–Trinajstić information content (AvgIpc) is 3.01. The van der Waals surface area contributed by atoms with Gasteiger partial charge in [0, 0.05) is 26.7 Å². The number of benzene rings is 2. The van der Waals surface area contributed by atoms with E-state index in [1.807, 2.05) is 19.9 Å². The van der Waals surface area contributed by atoms with Crippen LogP contribution < -0.4 is 15.4 Å². The highest BCUT2D eigenvalue weighted by atomic mass is 32.1. The first-order valence-electron chi connectivity index (χ1n) is 8.40. The van der Waals surface area contributed by atoms with Crippen molar-refractivity contribution in [3.8, 4) is 5.75 Å². The highest BCUT2D eigenvalue weighted by molar-refractivity contribution is 7.12. The minimum Gasteiger partial charge on any atom is -0.497 e. The molecular weight excluding hydrogens is 360 g/mol. The van der Waals surface area contributed by atoms with Crippen molar-refractivity contribution in [2.45, 2.75) is 13.8 Å². The molecule has 0 unspecified atom stereocenters. The molecule has 0 saturated carbocycles. The smallest absolute Gasteiger partial charge is 0.256 e. The predicted octanol–water partition coefficient (Wildman–Crippen LogP) is 4.88. The van der Waals surface area contributed by atoms with Gasteiger partial charge in [0.15, 0.2) is 0 Å². The Morgan fingerprint density at radius 1 is 0.852 bits per heavy atom. The molecule has 5 nitrogen and oxygen atoms in total. The number of hydrogen-bond acceptors (Lipinski definition) is 4. The molecule has 1 aromatic heterocycles. The van der Waals surface area contributed by atoms with E-state index >= 15 is 0 Å². The van der Waals surface area contributed by atoms with Gasteiger partial charge in [-0.1, -0.05) is 0 Å². The first-order chi connectivity index (χ1) is 13.0. The van der Waals surface area contributed by atoms with Crippen LogP contribution >= 0.6 is 11.3 Å². The number of carbonyl (C=O) groups excluding carboxylic acids is 2. The van der Waals surface area contributed by atoms with Crippen molar-refractivity contribution in [1.29, 1.82) is 0 Å². The Hall–Kier alpha value is -3.12. The van der Waals surface area contributed by atoms with E-state index in [1.54, 1.807) is 67.0 Å². The summed E-state index contributed by atoms with van der Waals surface area (Å²) in [5, 5.41) is 5.69. The molecule has 1 heterocycles. The number of aryl methyl sites for hydroxylation is 2. The highest BCUT2D eigenvalue weighted by Crippen LogP contribution is 2.22. The van der Waals surface area contributed by atoms with Gasteiger partial charge in [0.05, 0.1) is 12.7 Å². The van der Waals surface area contributed by atoms with Crippen molar-refractivity contribution in [3.63, 3.8) is 0 Å². The summed E-state index contributed by atoms with van der Waals surface area (Å²) in [4.78, 5) is 26.8. The number of amides is 2. The van der Waals surface area contributed by atoms with E-state index in [2.05, 4.69) is 10.6 Å². The maximum absolute atomic E-state index is 12.4. The van der Waals surface area contributed by atoms with Crippen LogP contribution in [0.2, 0.25) is 0 Å². The average molecular weight is 380 g/mol. The zero-order chi connectivity index (χ0) is 19.4. The molecule has 0 atom stereocenters. The van der Waals surface area contributed by atoms with E-state index in [0.29, 0.717) is 22.5 Å². The summed E-state index contributed by atoms with van der Waals surface area (Å²) in [7, 11) is 1.59. The van der Waals surface area contributed by atoms with Gasteiger partial charge in [0.25, 0.3) is 11.8 Å². The second-order valence-corrected chi connectivity index (χ2v) is 7.50.